The van der Waals surface area contributed by atoms with Crippen LogP contribution in [0.15, 0.2) is 29.2 Å². The normalized spacial score (nSPS) is 12.9. The molecule has 1 N–H and O–H groups in total. The first-order valence-electron chi connectivity index (χ1n) is 7.19. The maximum atomic E-state index is 14.0. The van der Waals surface area contributed by atoms with Crippen LogP contribution < -0.4 is 4.74 Å². The molecule has 0 bridgehead atoms. The van der Waals surface area contributed by atoms with Crippen molar-refractivity contribution >= 4 is 10.1 Å². The molecule has 4 nitrogen and oxygen atoms in total. The highest BCUT2D eigenvalue weighted by atomic mass is 32.2. The molecule has 0 saturated heterocycles. The lowest BCUT2D eigenvalue weighted by molar-refractivity contribution is 0.346. The quantitative estimate of drug-likeness (QED) is 0.461. The van der Waals surface area contributed by atoms with Gasteiger partial charge in [0, 0.05) is 0 Å². The maximum absolute atomic E-state index is 14.0. The van der Waals surface area contributed by atoms with E-state index in [4.69, 9.17) is 9.29 Å². The minimum Gasteiger partial charge on any atom is -0.451 e. The van der Waals surface area contributed by atoms with E-state index < -0.39 is 44.0 Å². The number of hydrogen-bond donors (Lipinski definition) is 1. The monoisotopic (exact) mass is 378 g/mol. The van der Waals surface area contributed by atoms with Gasteiger partial charge in [-0.05, 0) is 30.0 Å². The highest BCUT2D eigenvalue weighted by molar-refractivity contribution is 7.85. The number of hydrogen-bond acceptors (Lipinski definition) is 3. The molecule has 1 atom stereocenters. The molecule has 25 heavy (non-hydrogen) atoms. The maximum Gasteiger partial charge on any atom is 0.300 e. The average Bonchev–Trinajstić information content (AvgIpc) is 2.55. The van der Waals surface area contributed by atoms with E-state index in [2.05, 4.69) is 0 Å². The van der Waals surface area contributed by atoms with Gasteiger partial charge in [-0.1, -0.05) is 26.0 Å². The van der Waals surface area contributed by atoms with Crippen LogP contribution in [0.1, 0.15) is 31.7 Å². The number of halogens is 4. The Bertz CT molecular complexity index is 884. The van der Waals surface area contributed by atoms with E-state index in [9.17, 15) is 26.0 Å². The fourth-order valence-corrected chi connectivity index (χ4v) is 2.78. The van der Waals surface area contributed by atoms with Gasteiger partial charge in [0.15, 0.2) is 16.5 Å². The molecule has 0 fully saturated rings. The summed E-state index contributed by atoms with van der Waals surface area (Å²) in [4.78, 5) is -2.11. The number of rotatable bonds is 5. The van der Waals surface area contributed by atoms with Gasteiger partial charge in [-0.2, -0.15) is 17.2 Å². The van der Waals surface area contributed by atoms with Crippen LogP contribution >= 0.6 is 0 Å². The topological polar surface area (TPSA) is 63.6 Å². The van der Waals surface area contributed by atoms with Gasteiger partial charge in [0.1, 0.15) is 5.75 Å². The largest absolute Gasteiger partial charge is 0.451 e. The summed E-state index contributed by atoms with van der Waals surface area (Å²) in [7, 11) is -5.51. The van der Waals surface area contributed by atoms with E-state index in [1.807, 2.05) is 13.8 Å². The Balaban J connectivity index is 2.55. The van der Waals surface area contributed by atoms with E-state index in [1.54, 1.807) is 6.07 Å². The van der Waals surface area contributed by atoms with Crippen molar-refractivity contribution in [2.75, 3.05) is 0 Å². The third-order valence-corrected chi connectivity index (χ3v) is 4.57. The van der Waals surface area contributed by atoms with E-state index in [0.29, 0.717) is 0 Å². The van der Waals surface area contributed by atoms with Crippen molar-refractivity contribution in [3.05, 3.63) is 53.1 Å². The second-order valence-corrected chi connectivity index (χ2v) is 6.73. The first-order chi connectivity index (χ1) is 11.6. The molecule has 0 amide bonds. The summed E-state index contributed by atoms with van der Waals surface area (Å²) in [6.07, 6.45) is 0.776. The first-order valence-corrected chi connectivity index (χ1v) is 8.63. The Kier molecular flexibility index (Phi) is 5.38. The van der Waals surface area contributed by atoms with Gasteiger partial charge >= 0.3 is 10.1 Å². The van der Waals surface area contributed by atoms with E-state index in [-0.39, 0.29) is 11.7 Å². The summed E-state index contributed by atoms with van der Waals surface area (Å²) in [5, 5.41) is 0. The van der Waals surface area contributed by atoms with Gasteiger partial charge in [0.2, 0.25) is 17.4 Å². The zero-order chi connectivity index (χ0) is 18.9. The van der Waals surface area contributed by atoms with E-state index in [0.717, 1.165) is 12.0 Å². The smallest absolute Gasteiger partial charge is 0.300 e. The summed E-state index contributed by atoms with van der Waals surface area (Å²) in [5.74, 6) is -10.1. The fraction of sp³-hybridized carbons (Fsp3) is 0.250. The van der Waals surface area contributed by atoms with E-state index in [1.165, 1.54) is 18.2 Å². The lowest BCUT2D eigenvalue weighted by Gasteiger charge is -2.14. The zero-order valence-corrected chi connectivity index (χ0v) is 14.0. The van der Waals surface area contributed by atoms with Gasteiger partial charge in [-0.15, -0.1) is 0 Å². The van der Waals surface area contributed by atoms with Crippen molar-refractivity contribution in [1.29, 1.82) is 0 Å². The minimum atomic E-state index is -5.51. The molecule has 1 unspecified atom stereocenters. The zero-order valence-electron chi connectivity index (χ0n) is 13.2. The van der Waals surface area contributed by atoms with Crippen molar-refractivity contribution < 1.29 is 35.3 Å². The molecule has 0 aromatic heterocycles. The van der Waals surface area contributed by atoms with Crippen LogP contribution in [0.2, 0.25) is 0 Å². The highest BCUT2D eigenvalue weighted by Crippen LogP contribution is 2.35. The van der Waals surface area contributed by atoms with E-state index >= 15 is 0 Å². The van der Waals surface area contributed by atoms with Gasteiger partial charge < -0.3 is 4.74 Å². The molecular formula is C16H14F4O4S. The molecule has 136 valence electrons. The highest BCUT2D eigenvalue weighted by Gasteiger charge is 2.33. The van der Waals surface area contributed by atoms with Gasteiger partial charge in [-0.3, -0.25) is 4.55 Å². The van der Waals surface area contributed by atoms with Crippen molar-refractivity contribution in [2.24, 2.45) is 0 Å². The molecule has 0 heterocycles. The molecular weight excluding hydrogens is 364 g/mol. The summed E-state index contributed by atoms with van der Waals surface area (Å²) in [6.45, 7) is 3.83. The van der Waals surface area contributed by atoms with Gasteiger partial charge in [0.05, 0.1) is 0 Å². The van der Waals surface area contributed by atoms with Crippen LogP contribution in [0.5, 0.6) is 11.5 Å². The van der Waals surface area contributed by atoms with Crippen molar-refractivity contribution in [3.63, 3.8) is 0 Å². The predicted octanol–water partition coefficient (Wildman–Crippen LogP) is 4.80. The third kappa shape index (κ3) is 3.77. The van der Waals surface area contributed by atoms with Crippen LogP contribution in [0.3, 0.4) is 0 Å². The molecule has 0 aliphatic rings. The second-order valence-electron chi connectivity index (χ2n) is 5.37. The van der Waals surface area contributed by atoms with Crippen molar-refractivity contribution in [2.45, 2.75) is 31.1 Å². The first kappa shape index (κ1) is 19.2. The Morgan fingerprint density at radius 3 is 2.12 bits per heavy atom. The number of ether oxygens (including phenoxy) is 1. The van der Waals surface area contributed by atoms with Crippen LogP contribution in [0, 0.1) is 23.3 Å². The molecule has 0 spiro atoms. The summed E-state index contributed by atoms with van der Waals surface area (Å²) >= 11 is 0. The average molecular weight is 378 g/mol. The summed E-state index contributed by atoms with van der Waals surface area (Å²) in [6, 6.07) is 6.04. The molecule has 9 heteroatoms. The Labute approximate surface area is 141 Å². The fourth-order valence-electron chi connectivity index (χ4n) is 2.15. The van der Waals surface area contributed by atoms with Crippen molar-refractivity contribution in [3.8, 4) is 11.5 Å². The Morgan fingerprint density at radius 1 is 1.08 bits per heavy atom. The standard InChI is InChI=1S/C16H14F4O4S/c1-3-8(2)9-5-4-6-10(7-9)24-15-11(17)13(19)16(25(21,22)23)14(20)12(15)18/h4-8H,3H2,1-2H3,(H,21,22,23). The lowest BCUT2D eigenvalue weighted by Crippen LogP contribution is -2.11. The number of benzene rings is 2. The molecule has 0 aliphatic heterocycles. The van der Waals surface area contributed by atoms with Crippen LogP contribution in [0.25, 0.3) is 0 Å². The minimum absolute atomic E-state index is 0.0889. The SMILES string of the molecule is CCC(C)c1cccc(Oc2c(F)c(F)c(S(=O)(=O)O)c(F)c2F)c1. The second kappa shape index (κ2) is 7.01. The molecule has 2 aromatic rings. The summed E-state index contributed by atoms with van der Waals surface area (Å²) in [5.41, 5.74) is 0.774. The van der Waals surface area contributed by atoms with Crippen molar-refractivity contribution in [1.82, 2.24) is 0 Å². The Hall–Kier alpha value is -2.13. The van der Waals surface area contributed by atoms with Gasteiger partial charge in [0.25, 0.3) is 0 Å². The van der Waals surface area contributed by atoms with Crippen LogP contribution in [-0.2, 0) is 10.1 Å². The third-order valence-electron chi connectivity index (χ3n) is 3.70. The lowest BCUT2D eigenvalue weighted by atomic mass is 9.99. The Morgan fingerprint density at radius 2 is 1.64 bits per heavy atom. The summed E-state index contributed by atoms with van der Waals surface area (Å²) < 4.78 is 90.9. The molecule has 0 radical (unpaired) electrons. The molecule has 0 aliphatic carbocycles. The van der Waals surface area contributed by atoms with Crippen LogP contribution in [0.4, 0.5) is 17.6 Å². The molecule has 0 saturated carbocycles. The predicted molar refractivity (Wildman–Crippen MR) is 81.3 cm³/mol. The molecule has 2 aromatic carbocycles. The molecule has 2 rings (SSSR count). The van der Waals surface area contributed by atoms with Crippen LogP contribution in [-0.4, -0.2) is 13.0 Å². The van der Waals surface area contributed by atoms with Gasteiger partial charge in [-0.25, -0.2) is 8.78 Å².